The van der Waals surface area contributed by atoms with E-state index >= 15 is 0 Å². The molecule has 2 aromatic heterocycles. The van der Waals surface area contributed by atoms with Gasteiger partial charge in [0.05, 0.1) is 5.75 Å². The average Bonchev–Trinajstić information content (AvgIpc) is 3.15. The molecule has 0 aliphatic carbocycles. The molecule has 0 aliphatic heterocycles. The number of fused-ring (bicyclic) bond motifs is 1. The molecule has 0 aliphatic rings. The summed E-state index contributed by atoms with van der Waals surface area (Å²) in [6.07, 6.45) is 2.89. The van der Waals surface area contributed by atoms with E-state index in [0.717, 1.165) is 45.0 Å². The molecule has 0 atom stereocenters. The molecule has 2 heterocycles. The van der Waals surface area contributed by atoms with E-state index in [-0.39, 0.29) is 0 Å². The van der Waals surface area contributed by atoms with Gasteiger partial charge in [-0.2, -0.15) is 21.4 Å². The van der Waals surface area contributed by atoms with E-state index in [0.29, 0.717) is 6.61 Å². The van der Waals surface area contributed by atoms with Crippen molar-refractivity contribution in [1.29, 1.82) is 0 Å². The van der Waals surface area contributed by atoms with Crippen LogP contribution < -0.4 is 4.74 Å². The summed E-state index contributed by atoms with van der Waals surface area (Å²) in [6, 6.07) is 7.91. The van der Waals surface area contributed by atoms with Crippen LogP contribution in [0, 0.1) is 0 Å². The Morgan fingerprint density at radius 1 is 1.39 bits per heavy atom. The van der Waals surface area contributed by atoms with Crippen LogP contribution in [0.4, 0.5) is 0 Å². The first kappa shape index (κ1) is 16.0. The van der Waals surface area contributed by atoms with Crippen LogP contribution in [0.25, 0.3) is 15.5 Å². The second-order valence-electron chi connectivity index (χ2n) is 4.90. The van der Waals surface area contributed by atoms with Crippen LogP contribution in [0.2, 0.25) is 0 Å². The van der Waals surface area contributed by atoms with Gasteiger partial charge < -0.3 is 4.74 Å². The molecule has 120 valence electrons. The lowest BCUT2D eigenvalue weighted by atomic mass is 10.2. The smallest absolute Gasteiger partial charge is 0.235 e. The van der Waals surface area contributed by atoms with Crippen LogP contribution in [0.1, 0.15) is 19.2 Å². The Morgan fingerprint density at radius 2 is 2.30 bits per heavy atom. The van der Waals surface area contributed by atoms with Crippen molar-refractivity contribution in [3.05, 3.63) is 42.7 Å². The predicted molar refractivity (Wildman–Crippen MR) is 96.2 cm³/mol. The van der Waals surface area contributed by atoms with E-state index in [2.05, 4.69) is 28.8 Å². The zero-order valence-corrected chi connectivity index (χ0v) is 14.6. The van der Waals surface area contributed by atoms with Crippen LogP contribution in [0.15, 0.2) is 36.9 Å². The molecule has 7 heteroatoms. The van der Waals surface area contributed by atoms with Crippen molar-refractivity contribution < 1.29 is 4.74 Å². The molecule has 0 spiro atoms. The summed E-state index contributed by atoms with van der Waals surface area (Å²) < 4.78 is 7.43. The van der Waals surface area contributed by atoms with Crippen LogP contribution in [0.3, 0.4) is 0 Å². The summed E-state index contributed by atoms with van der Waals surface area (Å²) in [5, 5.41) is 14.0. The number of hydrogen-bond acceptors (Lipinski definition) is 6. The highest BCUT2D eigenvalue weighted by molar-refractivity contribution is 7.98. The second-order valence-corrected chi connectivity index (χ2v) is 6.96. The van der Waals surface area contributed by atoms with Gasteiger partial charge in [0.15, 0.2) is 5.82 Å². The lowest BCUT2D eigenvalue weighted by Gasteiger charge is -2.04. The van der Waals surface area contributed by atoms with Gasteiger partial charge in [0.2, 0.25) is 4.96 Å². The molecule has 3 aromatic rings. The Balaban J connectivity index is 1.84. The summed E-state index contributed by atoms with van der Waals surface area (Å²) in [7, 11) is 0. The SMILES string of the molecule is C=CCOc1cccc(-c2nn3c(CSCCC)nnc3s2)c1. The van der Waals surface area contributed by atoms with E-state index in [4.69, 9.17) is 4.74 Å². The van der Waals surface area contributed by atoms with E-state index < -0.39 is 0 Å². The topological polar surface area (TPSA) is 52.3 Å². The molecule has 0 fully saturated rings. The minimum atomic E-state index is 0.493. The van der Waals surface area contributed by atoms with Crippen molar-refractivity contribution in [1.82, 2.24) is 19.8 Å². The van der Waals surface area contributed by atoms with Crippen LogP contribution in [-0.2, 0) is 5.75 Å². The molecule has 23 heavy (non-hydrogen) atoms. The Kier molecular flexibility index (Phi) is 5.30. The van der Waals surface area contributed by atoms with E-state index in [1.54, 1.807) is 6.08 Å². The zero-order chi connectivity index (χ0) is 16.1. The molecule has 3 rings (SSSR count). The summed E-state index contributed by atoms with van der Waals surface area (Å²) in [6.45, 7) is 6.33. The maximum absolute atomic E-state index is 5.58. The number of ether oxygens (including phenoxy) is 1. The van der Waals surface area contributed by atoms with Crippen LogP contribution in [0.5, 0.6) is 5.75 Å². The van der Waals surface area contributed by atoms with Gasteiger partial charge in [-0.25, -0.2) is 0 Å². The quantitative estimate of drug-likeness (QED) is 0.455. The van der Waals surface area contributed by atoms with Gasteiger partial charge >= 0.3 is 0 Å². The third-order valence-corrected chi connectivity index (χ3v) is 5.19. The maximum atomic E-state index is 5.58. The van der Waals surface area contributed by atoms with Crippen molar-refractivity contribution in [3.63, 3.8) is 0 Å². The van der Waals surface area contributed by atoms with Crippen molar-refractivity contribution in [3.8, 4) is 16.3 Å². The fraction of sp³-hybridized carbons (Fsp3) is 0.312. The molecular formula is C16H18N4OS2. The minimum absolute atomic E-state index is 0.493. The second kappa shape index (κ2) is 7.61. The predicted octanol–water partition coefficient (Wildman–Crippen LogP) is 4.06. The Bertz CT molecular complexity index is 796. The van der Waals surface area contributed by atoms with E-state index in [1.807, 2.05) is 40.5 Å². The van der Waals surface area contributed by atoms with Crippen molar-refractivity contribution in [2.75, 3.05) is 12.4 Å². The first-order valence-electron chi connectivity index (χ1n) is 7.44. The Labute approximate surface area is 143 Å². The first-order valence-corrected chi connectivity index (χ1v) is 9.42. The Hall–Kier alpha value is -1.86. The Morgan fingerprint density at radius 3 is 3.13 bits per heavy atom. The van der Waals surface area contributed by atoms with Gasteiger partial charge in [-0.15, -0.1) is 10.2 Å². The van der Waals surface area contributed by atoms with Crippen LogP contribution >= 0.6 is 23.1 Å². The van der Waals surface area contributed by atoms with Crippen LogP contribution in [-0.4, -0.2) is 32.2 Å². The molecule has 1 aromatic carbocycles. The zero-order valence-electron chi connectivity index (χ0n) is 12.9. The lowest BCUT2D eigenvalue weighted by molar-refractivity contribution is 0.363. The van der Waals surface area contributed by atoms with Gasteiger partial charge in [0.25, 0.3) is 0 Å². The third kappa shape index (κ3) is 3.73. The molecule has 0 N–H and O–H groups in total. The van der Waals surface area contributed by atoms with E-state index in [9.17, 15) is 0 Å². The molecule has 0 bridgehead atoms. The molecule has 0 unspecified atom stereocenters. The molecule has 0 amide bonds. The molecular weight excluding hydrogens is 328 g/mol. The largest absolute Gasteiger partial charge is 0.490 e. The van der Waals surface area contributed by atoms with Gasteiger partial charge in [0.1, 0.15) is 17.4 Å². The standard InChI is InChI=1S/C16H18N4OS2/c1-3-8-21-13-7-5-6-12(10-13)15-19-20-14(11-22-9-4-2)17-18-16(20)23-15/h3,5-7,10H,1,4,8-9,11H2,2H3. The van der Waals surface area contributed by atoms with Gasteiger partial charge in [0, 0.05) is 5.56 Å². The highest BCUT2D eigenvalue weighted by Gasteiger charge is 2.13. The minimum Gasteiger partial charge on any atom is -0.490 e. The average molecular weight is 346 g/mol. The number of aromatic nitrogens is 4. The number of hydrogen-bond donors (Lipinski definition) is 0. The van der Waals surface area contributed by atoms with E-state index in [1.165, 1.54) is 11.3 Å². The van der Waals surface area contributed by atoms with Gasteiger partial charge in [-0.1, -0.05) is 43.0 Å². The molecule has 5 nitrogen and oxygen atoms in total. The van der Waals surface area contributed by atoms with Crippen molar-refractivity contribution in [2.45, 2.75) is 19.1 Å². The molecule has 0 saturated heterocycles. The third-order valence-electron chi connectivity index (χ3n) is 3.08. The highest BCUT2D eigenvalue weighted by Crippen LogP contribution is 2.28. The summed E-state index contributed by atoms with van der Waals surface area (Å²) in [5.41, 5.74) is 1.02. The maximum Gasteiger partial charge on any atom is 0.235 e. The first-order chi connectivity index (χ1) is 11.3. The van der Waals surface area contributed by atoms with Crippen molar-refractivity contribution >= 4 is 28.1 Å². The number of benzene rings is 1. The van der Waals surface area contributed by atoms with Gasteiger partial charge in [-0.05, 0) is 24.3 Å². The highest BCUT2D eigenvalue weighted by atomic mass is 32.2. The van der Waals surface area contributed by atoms with Gasteiger partial charge in [-0.3, -0.25) is 0 Å². The number of thioether (sulfide) groups is 1. The van der Waals surface area contributed by atoms with Crippen molar-refractivity contribution in [2.24, 2.45) is 0 Å². The fourth-order valence-electron chi connectivity index (χ4n) is 2.05. The molecule has 0 radical (unpaired) electrons. The fourth-order valence-corrected chi connectivity index (χ4v) is 3.70. The summed E-state index contributed by atoms with van der Waals surface area (Å²) in [5.74, 6) is 3.67. The number of rotatable bonds is 8. The normalized spacial score (nSPS) is 11.0. The summed E-state index contributed by atoms with van der Waals surface area (Å²) in [4.78, 5) is 0.824. The monoisotopic (exact) mass is 346 g/mol. The molecule has 0 saturated carbocycles. The summed E-state index contributed by atoms with van der Waals surface area (Å²) >= 11 is 3.39. The lowest BCUT2D eigenvalue weighted by Crippen LogP contribution is -1.95. The number of nitrogens with zero attached hydrogens (tertiary/aromatic N) is 4.